The summed E-state index contributed by atoms with van der Waals surface area (Å²) in [5, 5.41) is 3.68. The molecule has 2 aliphatic heterocycles. The number of hydrogen-bond acceptors (Lipinski definition) is 5. The first-order valence-electron chi connectivity index (χ1n) is 16.8. The lowest BCUT2D eigenvalue weighted by atomic mass is 9.84. The third kappa shape index (κ3) is 4.21. The van der Waals surface area contributed by atoms with Crippen LogP contribution in [0.25, 0.3) is 22.2 Å². The Labute approximate surface area is 274 Å². The van der Waals surface area contributed by atoms with Gasteiger partial charge in [-0.05, 0) is 67.0 Å². The van der Waals surface area contributed by atoms with Crippen LogP contribution in [0.5, 0.6) is 0 Å². The Balaban J connectivity index is 1.25. The molecule has 0 saturated heterocycles. The van der Waals surface area contributed by atoms with Crippen LogP contribution in [0.15, 0.2) is 149 Å². The van der Waals surface area contributed by atoms with E-state index >= 15 is 0 Å². The van der Waals surface area contributed by atoms with Crippen LogP contribution in [0.1, 0.15) is 42.7 Å². The molecular weight excluding hydrogens is 576 g/mol. The predicted molar refractivity (Wildman–Crippen MR) is 190 cm³/mol. The van der Waals surface area contributed by atoms with Crippen LogP contribution < -0.4 is 10.2 Å². The zero-order valence-corrected chi connectivity index (χ0v) is 25.9. The fourth-order valence-corrected chi connectivity index (χ4v) is 8.28. The molecule has 0 spiro atoms. The maximum Gasteiger partial charge on any atom is 0.224 e. The van der Waals surface area contributed by atoms with Gasteiger partial charge in [0.15, 0.2) is 0 Å². The van der Waals surface area contributed by atoms with E-state index < -0.39 is 6.29 Å². The van der Waals surface area contributed by atoms with E-state index in [9.17, 15) is 0 Å². The number of aromatic nitrogens is 2. The highest BCUT2D eigenvalue weighted by atomic mass is 15.3. The highest BCUT2D eigenvalue weighted by Gasteiger charge is 2.44. The molecule has 6 nitrogen and oxygen atoms in total. The molecule has 3 aromatic carbocycles. The average Bonchev–Trinajstić information content (AvgIpc) is 3.88. The standard InChI is InChI=1S/C41H34N6/c1-3-13-26(14-4-1)39-43-40(29-20-11-15-27-25-32(27)29)45-41(44-39)47-35-23-12-24-42-37(35)36-30-18-7-9-21-33(30)46(28-16-5-2-6-17-28)34-22-10-8-19-31(34)38(36)47/h1-7,9-18,20-24,27,31-32,34,41H,8,19,25H2,(H,43,44,45)/t27-,31?,32?,34?,41?/m1/s1. The molecule has 0 radical (unpaired) electrons. The number of aliphatic imine (C=N–C) groups is 2. The van der Waals surface area contributed by atoms with Gasteiger partial charge in [-0.2, -0.15) is 0 Å². The molecule has 0 bridgehead atoms. The second-order valence-electron chi connectivity index (χ2n) is 13.1. The quantitative estimate of drug-likeness (QED) is 0.207. The van der Waals surface area contributed by atoms with Crippen molar-refractivity contribution in [1.29, 1.82) is 0 Å². The van der Waals surface area contributed by atoms with E-state index in [1.807, 2.05) is 6.20 Å². The zero-order chi connectivity index (χ0) is 30.9. The summed E-state index contributed by atoms with van der Waals surface area (Å²) in [5.41, 5.74) is 10.5. The van der Waals surface area contributed by atoms with Gasteiger partial charge in [-0.25, -0.2) is 9.98 Å². The number of pyridine rings is 1. The maximum absolute atomic E-state index is 5.48. The molecule has 5 atom stereocenters. The monoisotopic (exact) mass is 610 g/mol. The number of para-hydroxylation sites is 2. The molecule has 1 fully saturated rings. The average molecular weight is 611 g/mol. The lowest BCUT2D eigenvalue weighted by Gasteiger charge is -2.38. The van der Waals surface area contributed by atoms with E-state index in [1.165, 1.54) is 40.2 Å². The van der Waals surface area contributed by atoms with Crippen molar-refractivity contribution in [1.82, 2.24) is 14.9 Å². The molecule has 0 amide bonds. The SMILES string of the molecule is C1=C[C@@H]2CC2C(C2=NC(n3c4c(c5ncccc53)-c3ccccc3N(c3ccccc3)C3C=CCCC43)N=C(c3ccccc3)N2)=C1. The number of fused-ring (bicyclic) bond motifs is 8. The van der Waals surface area contributed by atoms with Gasteiger partial charge in [0.2, 0.25) is 6.29 Å². The van der Waals surface area contributed by atoms with E-state index in [0.717, 1.165) is 41.1 Å². The van der Waals surface area contributed by atoms with Crippen molar-refractivity contribution < 1.29 is 0 Å². The fraction of sp³-hybridized carbons (Fsp3) is 0.195. The summed E-state index contributed by atoms with van der Waals surface area (Å²) in [4.78, 5) is 18.5. The minimum atomic E-state index is -0.483. The van der Waals surface area contributed by atoms with E-state index in [4.69, 9.17) is 15.0 Å². The maximum atomic E-state index is 5.48. The Morgan fingerprint density at radius 1 is 0.766 bits per heavy atom. The summed E-state index contributed by atoms with van der Waals surface area (Å²) < 4.78 is 2.42. The van der Waals surface area contributed by atoms with Crippen molar-refractivity contribution in [3.63, 3.8) is 0 Å². The van der Waals surface area contributed by atoms with E-state index in [1.54, 1.807) is 0 Å². The zero-order valence-electron chi connectivity index (χ0n) is 25.9. The molecule has 3 aliphatic carbocycles. The first-order valence-corrected chi connectivity index (χ1v) is 16.8. The van der Waals surface area contributed by atoms with Gasteiger partial charge in [0, 0.05) is 45.9 Å². The number of nitrogens with one attached hydrogen (secondary N) is 1. The molecule has 2 aromatic heterocycles. The molecule has 5 aliphatic rings. The van der Waals surface area contributed by atoms with Gasteiger partial charge in [0.05, 0.1) is 17.1 Å². The first kappa shape index (κ1) is 26.7. The molecule has 1 N–H and O–H groups in total. The predicted octanol–water partition coefficient (Wildman–Crippen LogP) is 8.69. The summed E-state index contributed by atoms with van der Waals surface area (Å²) in [5.74, 6) is 3.11. The summed E-state index contributed by atoms with van der Waals surface area (Å²) in [6.07, 6.45) is 16.2. The normalized spacial score (nSPS) is 25.3. The van der Waals surface area contributed by atoms with Crippen molar-refractivity contribution in [3.05, 3.63) is 150 Å². The van der Waals surface area contributed by atoms with Gasteiger partial charge in [0.25, 0.3) is 0 Å². The number of rotatable bonds is 4. The molecule has 4 unspecified atom stereocenters. The number of hydrogen-bond donors (Lipinski definition) is 1. The molecule has 5 aromatic rings. The van der Waals surface area contributed by atoms with Crippen molar-refractivity contribution in [2.45, 2.75) is 37.5 Å². The lowest BCUT2D eigenvalue weighted by molar-refractivity contribution is 0.470. The number of anilines is 2. The molecule has 6 heteroatoms. The molecule has 47 heavy (non-hydrogen) atoms. The second kappa shape index (κ2) is 10.5. The Kier molecular flexibility index (Phi) is 5.98. The minimum Gasteiger partial charge on any atom is -0.333 e. The van der Waals surface area contributed by atoms with Crippen LogP contribution in [0.3, 0.4) is 0 Å². The Hall–Kier alpha value is -5.49. The highest BCUT2D eigenvalue weighted by Crippen LogP contribution is 2.53. The van der Waals surface area contributed by atoms with E-state index in [0.29, 0.717) is 11.8 Å². The molecule has 228 valence electrons. The summed E-state index contributed by atoms with van der Waals surface area (Å²) in [6, 6.07) is 34.5. The van der Waals surface area contributed by atoms with Crippen molar-refractivity contribution >= 4 is 34.1 Å². The Bertz CT molecular complexity index is 2190. The van der Waals surface area contributed by atoms with Gasteiger partial charge in [-0.1, -0.05) is 97.1 Å². The van der Waals surface area contributed by atoms with E-state index in [2.05, 4.69) is 142 Å². The Morgan fingerprint density at radius 3 is 2.47 bits per heavy atom. The summed E-state index contributed by atoms with van der Waals surface area (Å²) >= 11 is 0. The number of nitrogens with zero attached hydrogens (tertiary/aromatic N) is 5. The molecular formula is C41H34N6. The number of amidine groups is 2. The van der Waals surface area contributed by atoms with Crippen molar-refractivity contribution in [2.75, 3.05) is 4.90 Å². The molecule has 4 heterocycles. The van der Waals surface area contributed by atoms with Gasteiger partial charge < -0.3 is 14.8 Å². The van der Waals surface area contributed by atoms with Crippen molar-refractivity contribution in [2.24, 2.45) is 21.8 Å². The third-order valence-electron chi connectivity index (χ3n) is 10.5. The van der Waals surface area contributed by atoms with Crippen LogP contribution >= 0.6 is 0 Å². The number of benzene rings is 3. The second-order valence-corrected chi connectivity index (χ2v) is 13.1. The van der Waals surface area contributed by atoms with Gasteiger partial charge in [0.1, 0.15) is 11.7 Å². The minimum absolute atomic E-state index is 0.123. The van der Waals surface area contributed by atoms with Crippen molar-refractivity contribution in [3.8, 4) is 11.1 Å². The topological polar surface area (TPSA) is 57.8 Å². The smallest absolute Gasteiger partial charge is 0.224 e. The highest BCUT2D eigenvalue weighted by molar-refractivity contribution is 6.16. The third-order valence-corrected chi connectivity index (χ3v) is 10.5. The van der Waals surface area contributed by atoms with E-state index in [-0.39, 0.29) is 12.0 Å². The van der Waals surface area contributed by atoms with Gasteiger partial charge >= 0.3 is 0 Å². The van der Waals surface area contributed by atoms with Crippen LogP contribution in [0.4, 0.5) is 11.4 Å². The Morgan fingerprint density at radius 2 is 1.57 bits per heavy atom. The first-order chi connectivity index (χ1) is 23.3. The summed E-state index contributed by atoms with van der Waals surface area (Å²) in [6.45, 7) is 0. The van der Waals surface area contributed by atoms with Gasteiger partial charge in [-0.3, -0.25) is 4.98 Å². The lowest BCUT2D eigenvalue weighted by Crippen LogP contribution is -2.39. The number of allylic oxidation sites excluding steroid dienone is 4. The van der Waals surface area contributed by atoms with Crippen LogP contribution in [-0.4, -0.2) is 27.3 Å². The molecule has 10 rings (SSSR count). The van der Waals surface area contributed by atoms with Crippen LogP contribution in [-0.2, 0) is 0 Å². The fourth-order valence-electron chi connectivity index (χ4n) is 8.28. The van der Waals surface area contributed by atoms with Crippen LogP contribution in [0.2, 0.25) is 0 Å². The summed E-state index contributed by atoms with van der Waals surface area (Å²) in [7, 11) is 0. The largest absolute Gasteiger partial charge is 0.333 e. The van der Waals surface area contributed by atoms with Crippen LogP contribution in [0, 0.1) is 11.8 Å². The molecule has 1 saturated carbocycles. The van der Waals surface area contributed by atoms with Gasteiger partial charge in [-0.15, -0.1) is 0 Å².